The van der Waals surface area contributed by atoms with Gasteiger partial charge in [0.25, 0.3) is 0 Å². The van der Waals surface area contributed by atoms with Crippen molar-refractivity contribution in [3.63, 3.8) is 0 Å². The quantitative estimate of drug-likeness (QED) is 0.941. The van der Waals surface area contributed by atoms with Crippen molar-refractivity contribution >= 4 is 11.8 Å². The van der Waals surface area contributed by atoms with Crippen LogP contribution in [0.5, 0.6) is 5.75 Å². The highest BCUT2D eigenvalue weighted by Crippen LogP contribution is 2.39. The fourth-order valence-electron chi connectivity index (χ4n) is 2.63. The van der Waals surface area contributed by atoms with Crippen LogP contribution < -0.4 is 10.5 Å². The van der Waals surface area contributed by atoms with Crippen molar-refractivity contribution in [2.24, 2.45) is 5.73 Å². The first kappa shape index (κ1) is 13.5. The van der Waals surface area contributed by atoms with Gasteiger partial charge in [0, 0.05) is 17.5 Å². The largest absolute Gasteiger partial charge is 0.497 e. The molecule has 1 aliphatic carbocycles. The highest BCUT2D eigenvalue weighted by atomic mass is 32.2. The molecule has 3 nitrogen and oxygen atoms in total. The second-order valence-corrected chi connectivity index (χ2v) is 6.21. The smallest absolute Gasteiger partial charge is 0.119 e. The van der Waals surface area contributed by atoms with Crippen LogP contribution >= 0.6 is 11.8 Å². The Bertz CT molecular complexity index is 588. The molecule has 0 fully saturated rings. The second kappa shape index (κ2) is 5.85. The first-order valence-corrected chi connectivity index (χ1v) is 7.66. The molecule has 0 saturated carbocycles. The van der Waals surface area contributed by atoms with Crippen molar-refractivity contribution in [3.05, 3.63) is 53.7 Å². The predicted molar refractivity (Wildman–Crippen MR) is 82.1 cm³/mol. The van der Waals surface area contributed by atoms with Crippen molar-refractivity contribution in [2.75, 3.05) is 7.11 Å². The second-order valence-electron chi connectivity index (χ2n) is 4.95. The van der Waals surface area contributed by atoms with E-state index in [4.69, 9.17) is 10.5 Å². The molecule has 1 aliphatic rings. The van der Waals surface area contributed by atoms with Crippen LogP contribution in [0.3, 0.4) is 0 Å². The minimum Gasteiger partial charge on any atom is -0.497 e. The van der Waals surface area contributed by atoms with Gasteiger partial charge >= 0.3 is 0 Å². The Morgan fingerprint density at radius 3 is 2.95 bits per heavy atom. The lowest BCUT2D eigenvalue weighted by molar-refractivity contribution is 0.413. The number of methoxy groups -OCH3 is 1. The lowest BCUT2D eigenvalue weighted by Crippen LogP contribution is -2.29. The highest BCUT2D eigenvalue weighted by Gasteiger charge is 2.28. The van der Waals surface area contributed by atoms with E-state index in [1.165, 1.54) is 11.1 Å². The van der Waals surface area contributed by atoms with Crippen molar-refractivity contribution < 1.29 is 4.74 Å². The molecule has 2 unspecified atom stereocenters. The van der Waals surface area contributed by atoms with Crippen LogP contribution in [0, 0.1) is 0 Å². The molecule has 2 N–H and O–H groups in total. The molecule has 1 aromatic heterocycles. The van der Waals surface area contributed by atoms with E-state index in [0.717, 1.165) is 23.6 Å². The van der Waals surface area contributed by atoms with Gasteiger partial charge in [-0.3, -0.25) is 0 Å². The van der Waals surface area contributed by atoms with Gasteiger partial charge in [0.15, 0.2) is 0 Å². The van der Waals surface area contributed by atoms with Crippen LogP contribution in [0.25, 0.3) is 0 Å². The van der Waals surface area contributed by atoms with Gasteiger partial charge < -0.3 is 10.5 Å². The van der Waals surface area contributed by atoms with E-state index in [2.05, 4.69) is 17.1 Å². The Balaban J connectivity index is 1.80. The first-order chi connectivity index (χ1) is 9.78. The molecule has 2 aromatic rings. The Morgan fingerprint density at radius 2 is 2.20 bits per heavy atom. The normalized spacial score (nSPS) is 21.3. The van der Waals surface area contributed by atoms with Gasteiger partial charge in [-0.15, -0.1) is 11.8 Å². The summed E-state index contributed by atoms with van der Waals surface area (Å²) in [5, 5.41) is 1.43. The SMILES string of the molecule is COc1ccc2c(c1)CCC(Sc1ccccn1)C2N. The Labute approximate surface area is 123 Å². The summed E-state index contributed by atoms with van der Waals surface area (Å²) in [6.07, 6.45) is 3.95. The predicted octanol–water partition coefficient (Wildman–Crippen LogP) is 3.20. The molecule has 0 aliphatic heterocycles. The van der Waals surface area contributed by atoms with E-state index in [-0.39, 0.29) is 6.04 Å². The number of aromatic nitrogens is 1. The summed E-state index contributed by atoms with van der Waals surface area (Å²) >= 11 is 1.78. The van der Waals surface area contributed by atoms with Gasteiger partial charge in [-0.1, -0.05) is 12.1 Å². The number of nitrogens with two attached hydrogens (primary N) is 1. The van der Waals surface area contributed by atoms with E-state index in [0.29, 0.717) is 5.25 Å². The summed E-state index contributed by atoms with van der Waals surface area (Å²) in [7, 11) is 1.70. The number of fused-ring (bicyclic) bond motifs is 1. The highest BCUT2D eigenvalue weighted by molar-refractivity contribution is 7.99. The zero-order valence-electron chi connectivity index (χ0n) is 11.5. The van der Waals surface area contributed by atoms with Crippen LogP contribution in [0.4, 0.5) is 0 Å². The zero-order valence-corrected chi connectivity index (χ0v) is 12.3. The summed E-state index contributed by atoms with van der Waals surface area (Å²) in [4.78, 5) is 4.38. The molecule has 20 heavy (non-hydrogen) atoms. The molecular formula is C16H18N2OS. The fourth-order valence-corrected chi connectivity index (χ4v) is 3.75. The van der Waals surface area contributed by atoms with Crippen LogP contribution in [0.1, 0.15) is 23.6 Å². The standard InChI is InChI=1S/C16H18N2OS/c1-19-12-6-7-13-11(10-12)5-8-14(16(13)17)20-15-4-2-3-9-18-15/h2-4,6-7,9-10,14,16H,5,8,17H2,1H3. The van der Waals surface area contributed by atoms with E-state index in [9.17, 15) is 0 Å². The number of hydrogen-bond donors (Lipinski definition) is 1. The van der Waals surface area contributed by atoms with Crippen molar-refractivity contribution in [2.45, 2.75) is 29.2 Å². The summed E-state index contributed by atoms with van der Waals surface area (Å²) in [6.45, 7) is 0. The maximum absolute atomic E-state index is 6.44. The average molecular weight is 286 g/mol. The number of rotatable bonds is 3. The molecule has 4 heteroatoms. The molecular weight excluding hydrogens is 268 g/mol. The van der Waals surface area contributed by atoms with Crippen molar-refractivity contribution in [3.8, 4) is 5.75 Å². The van der Waals surface area contributed by atoms with E-state index in [1.54, 1.807) is 18.9 Å². The number of nitrogens with zero attached hydrogens (tertiary/aromatic N) is 1. The minimum absolute atomic E-state index is 0.0525. The number of benzene rings is 1. The zero-order chi connectivity index (χ0) is 13.9. The third-order valence-corrected chi connectivity index (χ3v) is 5.03. The number of hydrogen-bond acceptors (Lipinski definition) is 4. The van der Waals surface area contributed by atoms with Crippen LogP contribution in [0.2, 0.25) is 0 Å². The molecule has 2 atom stereocenters. The lowest BCUT2D eigenvalue weighted by atomic mass is 9.87. The van der Waals surface area contributed by atoms with Gasteiger partial charge in [-0.2, -0.15) is 0 Å². The Hall–Kier alpha value is -1.52. The first-order valence-electron chi connectivity index (χ1n) is 6.78. The molecule has 1 aromatic carbocycles. The Kier molecular flexibility index (Phi) is 3.94. The van der Waals surface area contributed by atoms with Gasteiger partial charge in [0.05, 0.1) is 12.1 Å². The van der Waals surface area contributed by atoms with Gasteiger partial charge in [0.2, 0.25) is 0 Å². The van der Waals surface area contributed by atoms with Crippen LogP contribution in [-0.4, -0.2) is 17.3 Å². The van der Waals surface area contributed by atoms with E-state index in [1.807, 2.05) is 30.5 Å². The third kappa shape index (κ3) is 2.67. The summed E-state index contributed by atoms with van der Waals surface area (Å²) < 4.78 is 5.28. The summed E-state index contributed by atoms with van der Waals surface area (Å²) in [5.41, 5.74) is 9.00. The Morgan fingerprint density at radius 1 is 1.30 bits per heavy atom. The minimum atomic E-state index is 0.0525. The molecule has 0 bridgehead atoms. The van der Waals surface area contributed by atoms with Gasteiger partial charge in [-0.05, 0) is 48.2 Å². The molecule has 0 radical (unpaired) electrons. The molecule has 3 rings (SSSR count). The van der Waals surface area contributed by atoms with E-state index < -0.39 is 0 Å². The lowest BCUT2D eigenvalue weighted by Gasteiger charge is -2.30. The fraction of sp³-hybridized carbons (Fsp3) is 0.312. The molecule has 0 saturated heterocycles. The average Bonchev–Trinajstić information content (AvgIpc) is 2.51. The maximum atomic E-state index is 6.44. The van der Waals surface area contributed by atoms with Crippen LogP contribution in [-0.2, 0) is 6.42 Å². The summed E-state index contributed by atoms with van der Waals surface area (Å²) in [6, 6.07) is 12.3. The summed E-state index contributed by atoms with van der Waals surface area (Å²) in [5.74, 6) is 0.909. The number of ether oxygens (including phenoxy) is 1. The van der Waals surface area contributed by atoms with Crippen molar-refractivity contribution in [1.82, 2.24) is 4.98 Å². The van der Waals surface area contributed by atoms with Crippen LogP contribution in [0.15, 0.2) is 47.6 Å². The van der Waals surface area contributed by atoms with Gasteiger partial charge in [-0.25, -0.2) is 4.98 Å². The van der Waals surface area contributed by atoms with Crippen molar-refractivity contribution in [1.29, 1.82) is 0 Å². The topological polar surface area (TPSA) is 48.1 Å². The molecule has 0 amide bonds. The maximum Gasteiger partial charge on any atom is 0.119 e. The van der Waals surface area contributed by atoms with E-state index >= 15 is 0 Å². The number of thioether (sulfide) groups is 1. The molecule has 1 heterocycles. The monoisotopic (exact) mass is 286 g/mol. The van der Waals surface area contributed by atoms with Gasteiger partial charge in [0.1, 0.15) is 5.75 Å². The number of aryl methyl sites for hydroxylation is 1. The number of pyridine rings is 1. The molecule has 104 valence electrons. The third-order valence-electron chi connectivity index (χ3n) is 3.72. The molecule has 0 spiro atoms.